The second-order valence-corrected chi connectivity index (χ2v) is 4.70. The minimum atomic E-state index is -0.567. The van der Waals surface area contributed by atoms with Gasteiger partial charge in [0.05, 0.1) is 11.2 Å². The predicted molar refractivity (Wildman–Crippen MR) is 74.0 cm³/mol. The fourth-order valence-corrected chi connectivity index (χ4v) is 2.28. The Kier molecular flexibility index (Phi) is 3.20. The highest BCUT2D eigenvalue weighted by molar-refractivity contribution is 6.03. The molecule has 3 rings (SSSR count). The quantitative estimate of drug-likeness (QED) is 0.785. The van der Waals surface area contributed by atoms with Crippen LogP contribution in [0, 0.1) is 11.3 Å². The molecule has 2 aromatic rings. The number of hydrogen-bond acceptors (Lipinski definition) is 6. The summed E-state index contributed by atoms with van der Waals surface area (Å²) in [6, 6.07) is 8.62. The number of imide groups is 1. The van der Waals surface area contributed by atoms with E-state index in [0.29, 0.717) is 23.0 Å². The molecule has 1 atom stereocenters. The zero-order valence-corrected chi connectivity index (χ0v) is 11.0. The van der Waals surface area contributed by atoms with Crippen molar-refractivity contribution in [2.45, 2.75) is 18.9 Å². The molecule has 2 N–H and O–H groups in total. The zero-order chi connectivity index (χ0) is 14.8. The van der Waals surface area contributed by atoms with Crippen LogP contribution in [0.1, 0.15) is 18.5 Å². The lowest BCUT2D eigenvalue weighted by Gasteiger charge is -2.23. The van der Waals surface area contributed by atoms with Crippen molar-refractivity contribution in [3.8, 4) is 6.07 Å². The Morgan fingerprint density at radius 1 is 1.29 bits per heavy atom. The summed E-state index contributed by atoms with van der Waals surface area (Å²) in [7, 11) is 0. The molecule has 1 saturated heterocycles. The molecule has 7 nitrogen and oxygen atoms in total. The fraction of sp³-hybridized carbons (Fsp3) is 0.214. The number of nitrogens with zero attached hydrogens (tertiary/aromatic N) is 3. The van der Waals surface area contributed by atoms with E-state index in [2.05, 4.69) is 20.8 Å². The maximum absolute atomic E-state index is 11.8. The van der Waals surface area contributed by atoms with Gasteiger partial charge in [-0.05, 0) is 12.5 Å². The van der Waals surface area contributed by atoms with Crippen molar-refractivity contribution in [2.24, 2.45) is 0 Å². The molecule has 0 aliphatic carbocycles. The Morgan fingerprint density at radius 3 is 2.86 bits per heavy atom. The molecule has 1 aliphatic heterocycles. The zero-order valence-electron chi connectivity index (χ0n) is 11.0. The second-order valence-electron chi connectivity index (χ2n) is 4.70. The molecule has 0 bridgehead atoms. The van der Waals surface area contributed by atoms with Crippen molar-refractivity contribution in [1.82, 2.24) is 15.5 Å². The van der Waals surface area contributed by atoms with Gasteiger partial charge in [-0.2, -0.15) is 5.26 Å². The Bertz CT molecular complexity index is 781. The van der Waals surface area contributed by atoms with Gasteiger partial charge in [-0.3, -0.25) is 14.9 Å². The average molecular weight is 281 g/mol. The lowest BCUT2D eigenvalue weighted by Crippen LogP contribution is -2.47. The third kappa shape index (κ3) is 2.39. The van der Waals surface area contributed by atoms with Crippen LogP contribution >= 0.6 is 0 Å². The monoisotopic (exact) mass is 281 g/mol. The number of anilines is 1. The Balaban J connectivity index is 2.01. The van der Waals surface area contributed by atoms with Crippen LogP contribution in [0.4, 0.5) is 5.69 Å². The van der Waals surface area contributed by atoms with Crippen LogP contribution in [0.3, 0.4) is 0 Å². The molecule has 0 spiro atoms. The number of aromatic nitrogens is 2. The SMILES string of the molecule is N#Cc1nnc2ccccc2c1NC1CCC(=O)NC1=O. The molecule has 21 heavy (non-hydrogen) atoms. The van der Waals surface area contributed by atoms with Gasteiger partial charge in [0.2, 0.25) is 11.8 Å². The van der Waals surface area contributed by atoms with Gasteiger partial charge in [0.1, 0.15) is 12.1 Å². The Labute approximate surface area is 120 Å². The smallest absolute Gasteiger partial charge is 0.249 e. The number of nitrogens with one attached hydrogen (secondary N) is 2. The molecule has 1 aliphatic rings. The van der Waals surface area contributed by atoms with Gasteiger partial charge in [0, 0.05) is 11.8 Å². The highest BCUT2D eigenvalue weighted by Gasteiger charge is 2.27. The van der Waals surface area contributed by atoms with Gasteiger partial charge in [0.25, 0.3) is 0 Å². The highest BCUT2D eigenvalue weighted by atomic mass is 16.2. The first-order valence-corrected chi connectivity index (χ1v) is 6.45. The van der Waals surface area contributed by atoms with Crippen molar-refractivity contribution < 1.29 is 9.59 Å². The number of nitriles is 1. The molecular formula is C14H11N5O2. The molecule has 1 aromatic heterocycles. The number of piperidine rings is 1. The summed E-state index contributed by atoms with van der Waals surface area (Å²) in [6.45, 7) is 0. The van der Waals surface area contributed by atoms with Gasteiger partial charge in [0.15, 0.2) is 5.69 Å². The number of rotatable bonds is 2. The maximum atomic E-state index is 11.8. The minimum absolute atomic E-state index is 0.124. The van der Waals surface area contributed by atoms with E-state index in [4.69, 9.17) is 5.26 Å². The van der Waals surface area contributed by atoms with Gasteiger partial charge in [-0.25, -0.2) is 0 Å². The van der Waals surface area contributed by atoms with Crippen LogP contribution in [0.5, 0.6) is 0 Å². The van der Waals surface area contributed by atoms with Crippen LogP contribution in [-0.4, -0.2) is 28.1 Å². The normalized spacial score (nSPS) is 18.1. The van der Waals surface area contributed by atoms with Crippen molar-refractivity contribution >= 4 is 28.4 Å². The van der Waals surface area contributed by atoms with Crippen molar-refractivity contribution in [3.05, 3.63) is 30.0 Å². The third-order valence-corrected chi connectivity index (χ3v) is 3.33. The average Bonchev–Trinajstić information content (AvgIpc) is 2.50. The van der Waals surface area contributed by atoms with E-state index in [1.54, 1.807) is 12.1 Å². The molecule has 0 saturated carbocycles. The van der Waals surface area contributed by atoms with Crippen molar-refractivity contribution in [3.63, 3.8) is 0 Å². The first kappa shape index (κ1) is 13.0. The molecule has 0 radical (unpaired) electrons. The van der Waals surface area contributed by atoms with Gasteiger partial charge in [-0.1, -0.05) is 18.2 Å². The van der Waals surface area contributed by atoms with Gasteiger partial charge >= 0.3 is 0 Å². The molecule has 1 fully saturated rings. The lowest BCUT2D eigenvalue weighted by atomic mass is 10.0. The van der Waals surface area contributed by atoms with Crippen LogP contribution in [0.15, 0.2) is 24.3 Å². The largest absolute Gasteiger partial charge is 0.371 e. The third-order valence-electron chi connectivity index (χ3n) is 3.33. The van der Waals surface area contributed by atoms with E-state index in [1.807, 2.05) is 18.2 Å². The highest BCUT2D eigenvalue weighted by Crippen LogP contribution is 2.25. The Hall–Kier alpha value is -3.01. The molecule has 2 heterocycles. The van der Waals surface area contributed by atoms with Crippen molar-refractivity contribution in [2.75, 3.05) is 5.32 Å². The van der Waals surface area contributed by atoms with E-state index < -0.39 is 11.9 Å². The van der Waals surface area contributed by atoms with E-state index in [-0.39, 0.29) is 18.0 Å². The standard InChI is InChI=1S/C14H11N5O2/c15-7-11-13(8-3-1-2-4-9(8)18-19-11)16-10-5-6-12(20)17-14(10)21/h1-4,10H,5-6H2,(H,16,18)(H,17,20,21). The topological polar surface area (TPSA) is 108 Å². The number of amides is 2. The number of hydrogen-bond donors (Lipinski definition) is 2. The number of benzene rings is 1. The van der Waals surface area contributed by atoms with Crippen LogP contribution in [0.2, 0.25) is 0 Å². The summed E-state index contributed by atoms with van der Waals surface area (Å²) in [5.41, 5.74) is 1.22. The fourth-order valence-electron chi connectivity index (χ4n) is 2.28. The molecular weight excluding hydrogens is 270 g/mol. The lowest BCUT2D eigenvalue weighted by molar-refractivity contribution is -0.133. The van der Waals surface area contributed by atoms with E-state index >= 15 is 0 Å². The summed E-state index contributed by atoms with van der Waals surface area (Å²) < 4.78 is 0. The summed E-state index contributed by atoms with van der Waals surface area (Å²) in [5, 5.41) is 23.0. The predicted octanol–water partition coefficient (Wildman–Crippen LogP) is 0.719. The molecule has 1 aromatic carbocycles. The first-order chi connectivity index (χ1) is 10.2. The van der Waals surface area contributed by atoms with Gasteiger partial charge < -0.3 is 5.32 Å². The summed E-state index contributed by atoms with van der Waals surface area (Å²) in [6.07, 6.45) is 0.647. The molecule has 7 heteroatoms. The van der Waals surface area contributed by atoms with E-state index in [1.165, 1.54) is 0 Å². The van der Waals surface area contributed by atoms with Gasteiger partial charge in [-0.15, -0.1) is 10.2 Å². The van der Waals surface area contributed by atoms with Crippen LogP contribution in [0.25, 0.3) is 10.9 Å². The summed E-state index contributed by atoms with van der Waals surface area (Å²) in [5.74, 6) is -0.674. The molecule has 104 valence electrons. The number of fused-ring (bicyclic) bond motifs is 1. The Morgan fingerprint density at radius 2 is 2.10 bits per heavy atom. The van der Waals surface area contributed by atoms with Crippen LogP contribution in [-0.2, 0) is 9.59 Å². The van der Waals surface area contributed by atoms with Crippen LogP contribution < -0.4 is 10.6 Å². The minimum Gasteiger partial charge on any atom is -0.371 e. The number of carbonyl (C=O) groups excluding carboxylic acids is 2. The van der Waals surface area contributed by atoms with E-state index in [9.17, 15) is 9.59 Å². The first-order valence-electron chi connectivity index (χ1n) is 6.45. The molecule has 1 unspecified atom stereocenters. The second kappa shape index (κ2) is 5.17. The molecule has 2 amide bonds. The number of carbonyl (C=O) groups is 2. The van der Waals surface area contributed by atoms with Crippen molar-refractivity contribution in [1.29, 1.82) is 5.26 Å². The maximum Gasteiger partial charge on any atom is 0.249 e. The summed E-state index contributed by atoms with van der Waals surface area (Å²) in [4.78, 5) is 23.0. The summed E-state index contributed by atoms with van der Waals surface area (Å²) >= 11 is 0. The van der Waals surface area contributed by atoms with E-state index in [0.717, 1.165) is 0 Å².